The van der Waals surface area contributed by atoms with Crippen molar-refractivity contribution in [2.45, 2.75) is 25.7 Å². The molecule has 112 valence electrons. The molecule has 2 aromatic rings. The van der Waals surface area contributed by atoms with Gasteiger partial charge in [0.2, 0.25) is 0 Å². The number of aromatic nitrogens is 1. The predicted octanol–water partition coefficient (Wildman–Crippen LogP) is 2.88. The lowest BCUT2D eigenvalue weighted by Gasteiger charge is -2.15. The van der Waals surface area contributed by atoms with E-state index in [1.165, 1.54) is 16.7 Å². The van der Waals surface area contributed by atoms with E-state index in [0.29, 0.717) is 11.1 Å². The smallest absolute Gasteiger partial charge is 0.322 e. The van der Waals surface area contributed by atoms with Crippen LogP contribution in [0.4, 0.5) is 13.2 Å². The summed E-state index contributed by atoms with van der Waals surface area (Å²) in [4.78, 5) is 11.9. The van der Waals surface area contributed by atoms with Crippen LogP contribution in [-0.4, -0.2) is 4.57 Å². The van der Waals surface area contributed by atoms with Crippen LogP contribution in [0.25, 0.3) is 0 Å². The van der Waals surface area contributed by atoms with E-state index in [9.17, 15) is 18.0 Å². The van der Waals surface area contributed by atoms with Crippen molar-refractivity contribution in [2.75, 3.05) is 0 Å². The van der Waals surface area contributed by atoms with Crippen molar-refractivity contribution in [1.82, 2.24) is 4.57 Å². The second kappa shape index (κ2) is 5.73. The van der Waals surface area contributed by atoms with Gasteiger partial charge in [0.15, 0.2) is 0 Å². The summed E-state index contributed by atoms with van der Waals surface area (Å²) in [5.41, 5.74) is 6.24. The van der Waals surface area contributed by atoms with Crippen molar-refractivity contribution < 1.29 is 13.2 Å². The van der Waals surface area contributed by atoms with Gasteiger partial charge in [0.05, 0.1) is 5.56 Å². The molecule has 1 unspecified atom stereocenters. The molecule has 2 rings (SSSR count). The van der Waals surface area contributed by atoms with E-state index in [4.69, 9.17) is 5.73 Å². The van der Waals surface area contributed by atoms with Crippen molar-refractivity contribution in [1.29, 1.82) is 0 Å². The number of nitrogens with two attached hydrogens (primary N) is 1. The molecule has 1 aromatic carbocycles. The third-order valence-electron chi connectivity index (χ3n) is 3.27. The van der Waals surface area contributed by atoms with Crippen LogP contribution in [0.3, 0.4) is 0 Å². The fourth-order valence-corrected chi connectivity index (χ4v) is 2.04. The number of pyridine rings is 1. The molecule has 6 heteroatoms. The summed E-state index contributed by atoms with van der Waals surface area (Å²) < 4.78 is 38.9. The number of hydrogen-bond donors (Lipinski definition) is 1. The topological polar surface area (TPSA) is 48.0 Å². The van der Waals surface area contributed by atoms with Gasteiger partial charge in [-0.15, -0.1) is 0 Å². The molecule has 0 radical (unpaired) electrons. The minimum absolute atomic E-state index is 0.153. The lowest BCUT2D eigenvalue weighted by Crippen LogP contribution is -2.27. The van der Waals surface area contributed by atoms with Crippen molar-refractivity contribution in [3.63, 3.8) is 0 Å². The molecule has 0 spiro atoms. The lowest BCUT2D eigenvalue weighted by molar-refractivity contribution is -0.137. The predicted molar refractivity (Wildman–Crippen MR) is 73.8 cm³/mol. The van der Waals surface area contributed by atoms with Gasteiger partial charge >= 0.3 is 6.18 Å². The Morgan fingerprint density at radius 2 is 1.81 bits per heavy atom. The van der Waals surface area contributed by atoms with E-state index in [2.05, 4.69) is 0 Å². The first-order chi connectivity index (χ1) is 9.79. The maximum atomic E-state index is 12.5. The third kappa shape index (κ3) is 3.52. The van der Waals surface area contributed by atoms with E-state index >= 15 is 0 Å². The second-order valence-corrected chi connectivity index (χ2v) is 4.87. The molecule has 1 aromatic heterocycles. The van der Waals surface area contributed by atoms with Gasteiger partial charge in [-0.25, -0.2) is 0 Å². The standard InChI is InChI=1S/C15H15F3N2O/c1-10-3-2-8-20(14(10)21)9-13(19)11-4-6-12(7-5-11)15(16,17)18/h2-8,13H,9,19H2,1H3. The highest BCUT2D eigenvalue weighted by atomic mass is 19.4. The van der Waals surface area contributed by atoms with Gasteiger partial charge < -0.3 is 10.3 Å². The number of halogens is 3. The van der Waals surface area contributed by atoms with Crippen molar-refractivity contribution in [3.8, 4) is 0 Å². The van der Waals surface area contributed by atoms with Crippen LogP contribution in [0.1, 0.15) is 22.7 Å². The fraction of sp³-hybridized carbons (Fsp3) is 0.267. The SMILES string of the molecule is Cc1cccn(CC(N)c2ccc(C(F)(F)F)cc2)c1=O. The summed E-state index contributed by atoms with van der Waals surface area (Å²) in [5, 5.41) is 0. The van der Waals surface area contributed by atoms with Gasteiger partial charge in [-0.05, 0) is 30.7 Å². The summed E-state index contributed by atoms with van der Waals surface area (Å²) >= 11 is 0. The normalized spacial score (nSPS) is 13.2. The first kappa shape index (κ1) is 15.3. The monoisotopic (exact) mass is 296 g/mol. The highest BCUT2D eigenvalue weighted by molar-refractivity contribution is 5.26. The Bertz CT molecular complexity index is 675. The molecule has 0 aliphatic rings. The van der Waals surface area contributed by atoms with E-state index in [1.807, 2.05) is 0 Å². The fourth-order valence-electron chi connectivity index (χ4n) is 2.04. The molecular weight excluding hydrogens is 281 g/mol. The first-order valence-electron chi connectivity index (χ1n) is 6.38. The Labute approximate surface area is 119 Å². The second-order valence-electron chi connectivity index (χ2n) is 4.87. The molecule has 0 aliphatic heterocycles. The van der Waals surface area contributed by atoms with Crippen molar-refractivity contribution >= 4 is 0 Å². The maximum absolute atomic E-state index is 12.5. The average molecular weight is 296 g/mol. The number of nitrogens with zero attached hydrogens (tertiary/aromatic N) is 1. The Balaban J connectivity index is 2.19. The zero-order chi connectivity index (χ0) is 15.6. The van der Waals surface area contributed by atoms with Crippen LogP contribution in [-0.2, 0) is 12.7 Å². The zero-order valence-electron chi connectivity index (χ0n) is 11.4. The van der Waals surface area contributed by atoms with Gasteiger partial charge in [0.1, 0.15) is 0 Å². The quantitative estimate of drug-likeness (QED) is 0.946. The number of alkyl halides is 3. The van der Waals surface area contributed by atoms with Crippen LogP contribution >= 0.6 is 0 Å². The number of benzene rings is 1. The molecule has 0 fully saturated rings. The highest BCUT2D eigenvalue weighted by Gasteiger charge is 2.30. The van der Waals surface area contributed by atoms with Gasteiger partial charge in [0.25, 0.3) is 5.56 Å². The Morgan fingerprint density at radius 1 is 1.19 bits per heavy atom. The van der Waals surface area contributed by atoms with E-state index < -0.39 is 17.8 Å². The molecule has 0 amide bonds. The number of aryl methyl sites for hydroxylation is 1. The molecule has 3 nitrogen and oxygen atoms in total. The van der Waals surface area contributed by atoms with Gasteiger partial charge in [0, 0.05) is 24.3 Å². The Kier molecular flexibility index (Phi) is 4.18. The van der Waals surface area contributed by atoms with Crippen LogP contribution in [0.5, 0.6) is 0 Å². The largest absolute Gasteiger partial charge is 0.416 e. The minimum atomic E-state index is -4.36. The van der Waals surface area contributed by atoms with Gasteiger partial charge in [-0.1, -0.05) is 18.2 Å². The Hall–Kier alpha value is -2.08. The van der Waals surface area contributed by atoms with Crippen LogP contribution in [0, 0.1) is 6.92 Å². The van der Waals surface area contributed by atoms with Crippen molar-refractivity contribution in [2.24, 2.45) is 5.73 Å². The maximum Gasteiger partial charge on any atom is 0.416 e. The van der Waals surface area contributed by atoms with E-state index in [0.717, 1.165) is 12.1 Å². The van der Waals surface area contributed by atoms with E-state index in [-0.39, 0.29) is 12.1 Å². The van der Waals surface area contributed by atoms with Crippen molar-refractivity contribution in [3.05, 3.63) is 69.6 Å². The number of hydrogen-bond acceptors (Lipinski definition) is 2. The summed E-state index contributed by atoms with van der Waals surface area (Å²) in [6, 6.07) is 7.55. The average Bonchev–Trinajstić information content (AvgIpc) is 2.43. The molecule has 0 saturated heterocycles. The van der Waals surface area contributed by atoms with Gasteiger partial charge in [-0.3, -0.25) is 4.79 Å². The highest BCUT2D eigenvalue weighted by Crippen LogP contribution is 2.29. The van der Waals surface area contributed by atoms with E-state index in [1.54, 1.807) is 25.3 Å². The third-order valence-corrected chi connectivity index (χ3v) is 3.27. The molecular formula is C15H15F3N2O. The Morgan fingerprint density at radius 3 is 2.38 bits per heavy atom. The molecule has 1 heterocycles. The molecule has 0 saturated carbocycles. The summed E-state index contributed by atoms with van der Waals surface area (Å²) in [6.07, 6.45) is -2.75. The summed E-state index contributed by atoms with van der Waals surface area (Å²) in [6.45, 7) is 1.91. The zero-order valence-corrected chi connectivity index (χ0v) is 11.4. The molecule has 0 aliphatic carbocycles. The van der Waals surface area contributed by atoms with Gasteiger partial charge in [-0.2, -0.15) is 13.2 Å². The van der Waals surface area contributed by atoms with Crippen LogP contribution < -0.4 is 11.3 Å². The first-order valence-corrected chi connectivity index (χ1v) is 6.38. The minimum Gasteiger partial charge on any atom is -0.322 e. The summed E-state index contributed by atoms with van der Waals surface area (Å²) in [5.74, 6) is 0. The van der Waals surface area contributed by atoms with Crippen LogP contribution in [0.15, 0.2) is 47.4 Å². The molecule has 2 N–H and O–H groups in total. The molecule has 0 bridgehead atoms. The van der Waals surface area contributed by atoms with Crippen LogP contribution in [0.2, 0.25) is 0 Å². The lowest BCUT2D eigenvalue weighted by atomic mass is 10.1. The molecule has 1 atom stereocenters. The summed E-state index contributed by atoms with van der Waals surface area (Å²) in [7, 11) is 0. The molecule has 21 heavy (non-hydrogen) atoms. The number of rotatable bonds is 3.